The van der Waals surface area contributed by atoms with Crippen molar-refractivity contribution in [2.75, 3.05) is 13.1 Å². The summed E-state index contributed by atoms with van der Waals surface area (Å²) in [6.07, 6.45) is 6.46. The van der Waals surface area contributed by atoms with Gasteiger partial charge in [-0.15, -0.1) is 0 Å². The van der Waals surface area contributed by atoms with Crippen LogP contribution in [0.25, 0.3) is 27.8 Å². The smallest absolute Gasteiger partial charge is 0.324 e. The van der Waals surface area contributed by atoms with Gasteiger partial charge in [-0.05, 0) is 88.3 Å². The van der Waals surface area contributed by atoms with Crippen molar-refractivity contribution in [3.05, 3.63) is 62.8 Å². The fourth-order valence-electron chi connectivity index (χ4n) is 5.17. The number of aromatic nitrogens is 4. The van der Waals surface area contributed by atoms with Gasteiger partial charge in [-0.25, -0.2) is 4.79 Å². The molecular weight excluding hydrogens is 486 g/mol. The number of pyridine rings is 2. The highest BCUT2D eigenvalue weighted by atomic mass is 16.2. The molecule has 0 radical (unpaired) electrons. The van der Waals surface area contributed by atoms with Gasteiger partial charge in [-0.2, -0.15) is 9.78 Å². The predicted octanol–water partition coefficient (Wildman–Crippen LogP) is 7.76. The van der Waals surface area contributed by atoms with Gasteiger partial charge < -0.3 is 4.90 Å². The third-order valence-corrected chi connectivity index (χ3v) is 7.38. The molecule has 3 aliphatic heterocycles. The van der Waals surface area contributed by atoms with Crippen molar-refractivity contribution in [2.24, 2.45) is 0 Å². The van der Waals surface area contributed by atoms with Crippen LogP contribution in [0.1, 0.15) is 88.8 Å². The minimum Gasteiger partial charge on any atom is -0.324 e. The third-order valence-electron chi connectivity index (χ3n) is 7.38. The molecule has 5 rings (SSSR count). The van der Waals surface area contributed by atoms with Crippen LogP contribution >= 0.6 is 0 Å². The highest BCUT2D eigenvalue weighted by molar-refractivity contribution is 6.04. The molecule has 2 aromatic rings. The zero-order valence-corrected chi connectivity index (χ0v) is 25.9. The molecule has 4 heterocycles. The number of hydrogen-bond acceptors (Lipinski definition) is 4. The Kier molecular flexibility index (Phi) is 11.4. The first-order valence-electron chi connectivity index (χ1n) is 14.6. The SMILES string of the molecule is CC.CC.CC.Cc1c(C)c(C)c2c(c3nn(-c4ccncc4)c(=O)c-3c(C)n2C(=O)N2CCCCC2)c1C. The molecule has 7 heteroatoms. The number of carbonyl (C=O) groups excluding carboxylic acids is 1. The number of hydrogen-bond donors (Lipinski definition) is 0. The molecule has 0 unspecified atom stereocenters. The lowest BCUT2D eigenvalue weighted by Gasteiger charge is -2.30. The minimum absolute atomic E-state index is 0.0547. The van der Waals surface area contributed by atoms with Crippen molar-refractivity contribution < 1.29 is 4.79 Å². The van der Waals surface area contributed by atoms with E-state index in [9.17, 15) is 9.59 Å². The number of piperidine rings is 1. The Hall–Kier alpha value is -3.48. The molecule has 1 aromatic carbocycles. The van der Waals surface area contributed by atoms with Crippen LogP contribution in [-0.4, -0.2) is 43.4 Å². The molecule has 3 aliphatic rings. The third kappa shape index (κ3) is 5.63. The van der Waals surface area contributed by atoms with E-state index >= 15 is 0 Å². The molecule has 0 spiro atoms. The summed E-state index contributed by atoms with van der Waals surface area (Å²) >= 11 is 0. The Morgan fingerprint density at radius 2 is 1.31 bits per heavy atom. The Morgan fingerprint density at radius 3 is 1.87 bits per heavy atom. The molecule has 0 bridgehead atoms. The molecule has 1 fully saturated rings. The van der Waals surface area contributed by atoms with Crippen LogP contribution in [0.5, 0.6) is 0 Å². The summed E-state index contributed by atoms with van der Waals surface area (Å²) in [4.78, 5) is 33.5. The van der Waals surface area contributed by atoms with Crippen LogP contribution < -0.4 is 5.56 Å². The highest BCUT2D eigenvalue weighted by Gasteiger charge is 2.31. The summed E-state index contributed by atoms with van der Waals surface area (Å²) in [7, 11) is 0. The van der Waals surface area contributed by atoms with Crippen LogP contribution in [0.4, 0.5) is 4.79 Å². The van der Waals surface area contributed by atoms with E-state index in [0.717, 1.165) is 65.5 Å². The summed E-state index contributed by atoms with van der Waals surface area (Å²) in [6.45, 7) is 23.7. The van der Waals surface area contributed by atoms with Crippen molar-refractivity contribution in [1.29, 1.82) is 0 Å². The standard InChI is InChI=1S/C26H29N5O2.3C2H6/c1-15-16(2)18(4)24-21(17(15)3)23-22(25(32)31(28-23)20-9-11-27-12-10-20)19(5)30(24)26(33)29-13-7-6-8-14-29;3*1-2/h9-12H,6-8,13-14H2,1-5H3;3*1-2H3. The second kappa shape index (κ2) is 14.1. The maximum absolute atomic E-state index is 13.9. The van der Waals surface area contributed by atoms with Gasteiger partial charge in [0.05, 0.1) is 16.8 Å². The number of aryl methyl sites for hydroxylation is 2. The molecule has 0 saturated carbocycles. The largest absolute Gasteiger partial charge is 0.328 e. The number of carbonyl (C=O) groups is 1. The molecule has 212 valence electrons. The van der Waals surface area contributed by atoms with Gasteiger partial charge >= 0.3 is 6.03 Å². The normalized spacial score (nSPS) is 12.6. The van der Waals surface area contributed by atoms with Gasteiger partial charge in [0.2, 0.25) is 0 Å². The molecule has 0 aliphatic carbocycles. The Labute approximate surface area is 234 Å². The molecule has 1 aromatic heterocycles. The van der Waals surface area contributed by atoms with E-state index in [1.54, 1.807) is 29.1 Å². The summed E-state index contributed by atoms with van der Waals surface area (Å²) < 4.78 is 3.20. The molecule has 0 N–H and O–H groups in total. The quantitative estimate of drug-likeness (QED) is 0.251. The second-order valence-electron chi connectivity index (χ2n) is 9.12. The first kappa shape index (κ1) is 31.7. The lowest BCUT2D eigenvalue weighted by Crippen LogP contribution is -2.40. The van der Waals surface area contributed by atoms with Crippen LogP contribution in [-0.2, 0) is 0 Å². The fourth-order valence-corrected chi connectivity index (χ4v) is 5.17. The van der Waals surface area contributed by atoms with E-state index in [2.05, 4.69) is 32.7 Å². The van der Waals surface area contributed by atoms with Crippen LogP contribution in [0.2, 0.25) is 0 Å². The molecule has 39 heavy (non-hydrogen) atoms. The first-order valence-corrected chi connectivity index (χ1v) is 14.6. The van der Waals surface area contributed by atoms with E-state index in [1.807, 2.05) is 53.4 Å². The Bertz CT molecular complexity index is 1430. The molecule has 0 atom stereocenters. The van der Waals surface area contributed by atoms with Crippen molar-refractivity contribution in [1.82, 2.24) is 24.2 Å². The zero-order chi connectivity index (χ0) is 29.4. The summed E-state index contributed by atoms with van der Waals surface area (Å²) in [5.74, 6) is 0. The van der Waals surface area contributed by atoms with Gasteiger partial charge in [-0.1, -0.05) is 41.5 Å². The minimum atomic E-state index is -0.217. The maximum atomic E-state index is 13.9. The predicted molar refractivity (Wildman–Crippen MR) is 164 cm³/mol. The topological polar surface area (TPSA) is 73.0 Å². The van der Waals surface area contributed by atoms with Crippen molar-refractivity contribution in [2.45, 2.75) is 95.4 Å². The number of fused-ring (bicyclic) bond motifs is 3. The van der Waals surface area contributed by atoms with Gasteiger partial charge in [0.1, 0.15) is 5.69 Å². The number of likely N-dealkylation sites (tertiary alicyclic amines) is 1. The summed E-state index contributed by atoms with van der Waals surface area (Å²) in [5, 5.41) is 5.68. The average Bonchev–Trinajstić information content (AvgIpc) is 3.35. The van der Waals surface area contributed by atoms with Crippen LogP contribution in [0.15, 0.2) is 29.3 Å². The van der Waals surface area contributed by atoms with E-state index in [-0.39, 0.29) is 11.6 Å². The van der Waals surface area contributed by atoms with Crippen LogP contribution in [0.3, 0.4) is 0 Å². The van der Waals surface area contributed by atoms with Crippen molar-refractivity contribution in [3.8, 4) is 16.9 Å². The number of nitrogens with zero attached hydrogens (tertiary/aromatic N) is 5. The lowest BCUT2D eigenvalue weighted by molar-refractivity contribution is 0.188. The van der Waals surface area contributed by atoms with E-state index in [0.29, 0.717) is 22.6 Å². The Balaban J connectivity index is 0.000000833. The van der Waals surface area contributed by atoms with E-state index < -0.39 is 0 Å². The molecule has 1 amide bonds. The monoisotopic (exact) mass is 533 g/mol. The van der Waals surface area contributed by atoms with E-state index in [1.165, 1.54) is 4.68 Å². The second-order valence-corrected chi connectivity index (χ2v) is 9.12. The number of benzene rings is 1. The number of amides is 1. The molecule has 1 saturated heterocycles. The molecular formula is C32H47N5O2. The fraction of sp³-hybridized carbons (Fsp3) is 0.500. The lowest BCUT2D eigenvalue weighted by atomic mass is 9.91. The Morgan fingerprint density at radius 1 is 0.769 bits per heavy atom. The highest BCUT2D eigenvalue weighted by Crippen LogP contribution is 2.38. The van der Waals surface area contributed by atoms with Crippen molar-refractivity contribution >= 4 is 16.9 Å². The average molecular weight is 534 g/mol. The van der Waals surface area contributed by atoms with Crippen LogP contribution in [0, 0.1) is 34.6 Å². The van der Waals surface area contributed by atoms with Crippen molar-refractivity contribution in [3.63, 3.8) is 0 Å². The van der Waals surface area contributed by atoms with Gasteiger partial charge in [0, 0.05) is 36.6 Å². The maximum Gasteiger partial charge on any atom is 0.328 e. The first-order chi connectivity index (χ1) is 18.8. The molecule has 7 nitrogen and oxygen atoms in total. The summed E-state index contributed by atoms with van der Waals surface area (Å²) in [5.41, 5.74) is 7.51. The number of rotatable bonds is 1. The van der Waals surface area contributed by atoms with Gasteiger partial charge in [0.25, 0.3) is 5.56 Å². The summed E-state index contributed by atoms with van der Waals surface area (Å²) in [6, 6.07) is 3.48. The zero-order valence-electron chi connectivity index (χ0n) is 25.9. The van der Waals surface area contributed by atoms with Gasteiger partial charge in [0.15, 0.2) is 0 Å². The van der Waals surface area contributed by atoms with E-state index in [4.69, 9.17) is 5.10 Å². The van der Waals surface area contributed by atoms with Gasteiger partial charge in [-0.3, -0.25) is 14.3 Å².